The lowest BCUT2D eigenvalue weighted by Crippen LogP contribution is -2.24. The van der Waals surface area contributed by atoms with E-state index in [2.05, 4.69) is 20.3 Å². The second-order valence-corrected chi connectivity index (χ2v) is 7.90. The highest BCUT2D eigenvalue weighted by Gasteiger charge is 2.16. The summed E-state index contributed by atoms with van der Waals surface area (Å²) >= 11 is 1.53. The highest BCUT2D eigenvalue weighted by Crippen LogP contribution is 2.29. The van der Waals surface area contributed by atoms with Gasteiger partial charge in [0, 0.05) is 43.2 Å². The number of fused-ring (bicyclic) bond motifs is 1. The number of aromatic amines is 1. The third-order valence-electron chi connectivity index (χ3n) is 4.78. The van der Waals surface area contributed by atoms with Crippen molar-refractivity contribution in [2.24, 2.45) is 12.0 Å². The number of benzene rings is 1. The largest absolute Gasteiger partial charge is 0.497 e. The summed E-state index contributed by atoms with van der Waals surface area (Å²) < 4.78 is 8.60. The number of rotatable bonds is 6. The maximum atomic E-state index is 13.1. The zero-order chi connectivity index (χ0) is 21.1. The van der Waals surface area contributed by atoms with E-state index >= 15 is 0 Å². The molecule has 0 radical (unpaired) electrons. The van der Waals surface area contributed by atoms with E-state index in [-0.39, 0.29) is 5.56 Å². The number of aliphatic imine (C=N–C) groups is 1. The highest BCUT2D eigenvalue weighted by atomic mass is 32.2. The molecule has 0 saturated heterocycles. The zero-order valence-corrected chi connectivity index (χ0v) is 17.8. The predicted molar refractivity (Wildman–Crippen MR) is 119 cm³/mol. The van der Waals surface area contributed by atoms with E-state index in [1.807, 2.05) is 48.1 Å². The number of ether oxygens (including phenoxy) is 1. The fourth-order valence-electron chi connectivity index (χ4n) is 3.28. The minimum absolute atomic E-state index is 0.132. The predicted octanol–water partition coefficient (Wildman–Crippen LogP) is 2.88. The first-order chi connectivity index (χ1) is 14.6. The van der Waals surface area contributed by atoms with Gasteiger partial charge in [0.1, 0.15) is 11.3 Å². The van der Waals surface area contributed by atoms with Gasteiger partial charge in [-0.3, -0.25) is 14.9 Å². The van der Waals surface area contributed by atoms with Crippen molar-refractivity contribution in [3.8, 4) is 5.75 Å². The molecule has 1 aromatic carbocycles. The molecule has 30 heavy (non-hydrogen) atoms. The molecule has 9 heteroatoms. The Morgan fingerprint density at radius 3 is 2.93 bits per heavy atom. The Hall–Kier alpha value is -3.33. The first-order valence-corrected chi connectivity index (χ1v) is 10.2. The quantitative estimate of drug-likeness (QED) is 0.293. The molecule has 3 heterocycles. The maximum absolute atomic E-state index is 13.1. The van der Waals surface area contributed by atoms with Crippen molar-refractivity contribution in [2.75, 3.05) is 14.2 Å². The Bertz CT molecular complexity index is 1260. The molecule has 0 atom stereocenters. The van der Waals surface area contributed by atoms with Crippen LogP contribution in [-0.2, 0) is 20.0 Å². The van der Waals surface area contributed by atoms with Crippen molar-refractivity contribution < 1.29 is 4.74 Å². The monoisotopic (exact) mass is 422 g/mol. The van der Waals surface area contributed by atoms with Crippen LogP contribution in [0.2, 0.25) is 0 Å². The smallest absolute Gasteiger partial charge is 0.291 e. The van der Waals surface area contributed by atoms with Crippen molar-refractivity contribution in [1.82, 2.24) is 24.5 Å². The summed E-state index contributed by atoms with van der Waals surface area (Å²) in [7, 11) is 5.26. The normalized spacial score (nSPS) is 11.9. The molecule has 4 aromatic rings. The molecule has 0 amide bonds. The average molecular weight is 423 g/mol. The van der Waals surface area contributed by atoms with Gasteiger partial charge in [-0.25, -0.2) is 4.68 Å². The Morgan fingerprint density at radius 2 is 2.20 bits per heavy atom. The second kappa shape index (κ2) is 8.58. The Balaban J connectivity index is 1.64. The van der Waals surface area contributed by atoms with Crippen molar-refractivity contribution in [3.63, 3.8) is 0 Å². The average Bonchev–Trinajstić information content (AvgIpc) is 3.37. The van der Waals surface area contributed by atoms with E-state index in [1.54, 1.807) is 26.6 Å². The van der Waals surface area contributed by atoms with Gasteiger partial charge in [-0.05, 0) is 23.8 Å². The third-order valence-corrected chi connectivity index (χ3v) is 5.89. The number of aromatic nitrogens is 5. The maximum Gasteiger partial charge on any atom is 0.291 e. The Morgan fingerprint density at radius 1 is 1.33 bits per heavy atom. The first kappa shape index (κ1) is 20.0. The van der Waals surface area contributed by atoms with Crippen LogP contribution in [0.5, 0.6) is 5.75 Å². The van der Waals surface area contributed by atoms with Crippen LogP contribution in [0.1, 0.15) is 11.3 Å². The van der Waals surface area contributed by atoms with Crippen LogP contribution in [0.4, 0.5) is 0 Å². The molecule has 0 fully saturated rings. The van der Waals surface area contributed by atoms with Gasteiger partial charge in [-0.15, -0.1) is 0 Å². The highest BCUT2D eigenvalue weighted by molar-refractivity contribution is 8.14. The van der Waals surface area contributed by atoms with Gasteiger partial charge in [-0.2, -0.15) is 10.2 Å². The number of aryl methyl sites for hydroxylation is 1. The number of hydrogen-bond donors (Lipinski definition) is 1. The minimum Gasteiger partial charge on any atom is -0.497 e. The van der Waals surface area contributed by atoms with Gasteiger partial charge < -0.3 is 9.30 Å². The fourth-order valence-corrected chi connectivity index (χ4v) is 4.31. The van der Waals surface area contributed by atoms with Crippen molar-refractivity contribution in [3.05, 3.63) is 70.5 Å². The molecule has 0 spiro atoms. The van der Waals surface area contributed by atoms with E-state index in [9.17, 15) is 4.79 Å². The molecule has 154 valence electrons. The topological polar surface area (TPSA) is 90.1 Å². The van der Waals surface area contributed by atoms with Gasteiger partial charge in [0.2, 0.25) is 0 Å². The Kier molecular flexibility index (Phi) is 5.71. The summed E-state index contributed by atoms with van der Waals surface area (Å²) in [5, 5.41) is 13.2. The van der Waals surface area contributed by atoms with Gasteiger partial charge in [0.25, 0.3) is 5.56 Å². The molecule has 3 aromatic heterocycles. The summed E-state index contributed by atoms with van der Waals surface area (Å²) in [5.41, 5.74) is 2.35. The molecule has 0 aliphatic carbocycles. The van der Waals surface area contributed by atoms with Crippen LogP contribution in [0.25, 0.3) is 10.9 Å². The lowest BCUT2D eigenvalue weighted by Gasteiger charge is -2.07. The number of methoxy groups -OCH3 is 1. The summed E-state index contributed by atoms with van der Waals surface area (Å²) in [6, 6.07) is 9.56. The fraction of sp³-hybridized carbons (Fsp3) is 0.238. The first-order valence-electron chi connectivity index (χ1n) is 9.39. The van der Waals surface area contributed by atoms with E-state index in [4.69, 9.17) is 4.74 Å². The molecular weight excluding hydrogens is 400 g/mol. The lowest BCUT2D eigenvalue weighted by molar-refractivity contribution is 0.414. The van der Waals surface area contributed by atoms with Crippen molar-refractivity contribution >= 4 is 27.7 Å². The zero-order valence-electron chi connectivity index (χ0n) is 17.0. The molecule has 0 unspecified atom stereocenters. The van der Waals surface area contributed by atoms with Crippen LogP contribution in [0, 0.1) is 0 Å². The van der Waals surface area contributed by atoms with Gasteiger partial charge in [0.15, 0.2) is 0 Å². The molecule has 0 saturated carbocycles. The van der Waals surface area contributed by atoms with Crippen LogP contribution < -0.4 is 10.3 Å². The molecule has 0 aliphatic rings. The molecule has 1 N–H and O–H groups in total. The molecule has 8 nitrogen and oxygen atoms in total. The van der Waals surface area contributed by atoms with E-state index in [0.717, 1.165) is 32.3 Å². The summed E-state index contributed by atoms with van der Waals surface area (Å²) in [4.78, 5) is 18.5. The summed E-state index contributed by atoms with van der Waals surface area (Å²) in [5.74, 6) is 0.752. The summed E-state index contributed by atoms with van der Waals surface area (Å²) in [6.07, 6.45) is 6.12. The number of hydrogen-bond acceptors (Lipinski definition) is 6. The van der Waals surface area contributed by atoms with Crippen molar-refractivity contribution in [1.29, 1.82) is 0 Å². The van der Waals surface area contributed by atoms with Crippen LogP contribution in [0.3, 0.4) is 0 Å². The SMILES string of the molecule is C/N=C(/Cc1cc[nH]n1)Sc1cn(C)c2c(=O)n(Cc3cccc(OC)c3)ncc12. The second-order valence-electron chi connectivity index (χ2n) is 6.79. The molecule has 0 bridgehead atoms. The number of H-pyrrole nitrogens is 1. The van der Waals surface area contributed by atoms with Crippen LogP contribution in [-0.4, -0.2) is 43.7 Å². The summed E-state index contributed by atoms with van der Waals surface area (Å²) in [6.45, 7) is 0.375. The molecule has 0 aliphatic heterocycles. The number of nitrogens with zero attached hydrogens (tertiary/aromatic N) is 5. The molecule has 4 rings (SSSR count). The van der Waals surface area contributed by atoms with Gasteiger partial charge in [-0.1, -0.05) is 23.9 Å². The van der Waals surface area contributed by atoms with Crippen LogP contribution in [0.15, 0.2) is 63.6 Å². The lowest BCUT2D eigenvalue weighted by atomic mass is 10.2. The van der Waals surface area contributed by atoms with Crippen molar-refractivity contribution in [2.45, 2.75) is 17.9 Å². The van der Waals surface area contributed by atoms with E-state index in [1.165, 1.54) is 16.4 Å². The Labute approximate surface area is 177 Å². The number of thioether (sulfide) groups is 1. The van der Waals surface area contributed by atoms with Gasteiger partial charge in [0.05, 0.1) is 30.6 Å². The van der Waals surface area contributed by atoms with Gasteiger partial charge >= 0.3 is 0 Å². The van der Waals surface area contributed by atoms with E-state index < -0.39 is 0 Å². The van der Waals surface area contributed by atoms with Crippen LogP contribution >= 0.6 is 11.8 Å². The minimum atomic E-state index is -0.132. The van der Waals surface area contributed by atoms with E-state index in [0.29, 0.717) is 18.5 Å². The third kappa shape index (κ3) is 4.02. The molecular formula is C21H22N6O2S. The standard InChI is InChI=1S/C21H22N6O2S/c1-22-19(10-15-7-8-23-25-15)30-18-13-26(2)20-17(18)11-24-27(21(20)28)12-14-5-4-6-16(9-14)29-3/h4-9,11,13H,10,12H2,1-3H3,(H,23,25)/b22-19-. The number of nitrogens with one attached hydrogen (secondary N) is 1.